The lowest BCUT2D eigenvalue weighted by Crippen LogP contribution is -2.10. The highest BCUT2D eigenvalue weighted by Crippen LogP contribution is 2.47. The third-order valence-corrected chi connectivity index (χ3v) is 10.6. The number of hydrogen-bond donors (Lipinski definition) is 0. The second kappa shape index (κ2) is 11.7. The average molecular weight is 678 g/mol. The zero-order valence-electron chi connectivity index (χ0n) is 28.7. The van der Waals surface area contributed by atoms with Gasteiger partial charge in [-0.15, -0.1) is 0 Å². The van der Waals surface area contributed by atoms with Gasteiger partial charge in [0.1, 0.15) is 11.2 Å². The molecule has 0 amide bonds. The summed E-state index contributed by atoms with van der Waals surface area (Å²) in [7, 11) is 0. The van der Waals surface area contributed by atoms with Crippen LogP contribution in [0.5, 0.6) is 0 Å². The molecule has 2 aromatic heterocycles. The molecule has 53 heavy (non-hydrogen) atoms. The Morgan fingerprint density at radius 2 is 0.849 bits per heavy atom. The van der Waals surface area contributed by atoms with Crippen molar-refractivity contribution in [3.63, 3.8) is 0 Å². The maximum atomic E-state index is 6.92. The lowest BCUT2D eigenvalue weighted by Gasteiger charge is -2.25. The fourth-order valence-electron chi connectivity index (χ4n) is 8.04. The maximum absolute atomic E-state index is 6.92. The van der Waals surface area contributed by atoms with Gasteiger partial charge >= 0.3 is 0 Å². The molecule has 0 bridgehead atoms. The molecular formula is C50H31NO2. The summed E-state index contributed by atoms with van der Waals surface area (Å²) < 4.78 is 13.8. The first-order valence-electron chi connectivity index (χ1n) is 18.0. The van der Waals surface area contributed by atoms with E-state index in [4.69, 9.17) is 8.83 Å². The SMILES string of the molecule is c1ccc(-c2ccc3c(c2)oc2c(N(c4ccc(-c5ccc6ccccc6c5)cc4)c4cccc5c4oc4c6ccccc6ccc54)cccc23)cc1. The van der Waals surface area contributed by atoms with Gasteiger partial charge < -0.3 is 13.7 Å². The van der Waals surface area contributed by atoms with E-state index in [2.05, 4.69) is 187 Å². The zero-order valence-corrected chi connectivity index (χ0v) is 28.7. The Kier molecular flexibility index (Phi) is 6.55. The first kappa shape index (κ1) is 29.6. The lowest BCUT2D eigenvalue weighted by atomic mass is 10.0. The van der Waals surface area contributed by atoms with Gasteiger partial charge in [-0.2, -0.15) is 0 Å². The highest BCUT2D eigenvalue weighted by Gasteiger charge is 2.24. The monoisotopic (exact) mass is 677 g/mol. The molecule has 0 fully saturated rings. The van der Waals surface area contributed by atoms with Crippen molar-refractivity contribution in [2.75, 3.05) is 4.90 Å². The van der Waals surface area contributed by atoms with Crippen molar-refractivity contribution in [1.29, 1.82) is 0 Å². The third-order valence-electron chi connectivity index (χ3n) is 10.6. The predicted octanol–water partition coefficient (Wildman–Crippen LogP) is 14.6. The summed E-state index contributed by atoms with van der Waals surface area (Å²) in [6.07, 6.45) is 0. The smallest absolute Gasteiger partial charge is 0.159 e. The molecule has 3 nitrogen and oxygen atoms in total. The van der Waals surface area contributed by atoms with Crippen LogP contribution in [0.3, 0.4) is 0 Å². The van der Waals surface area contributed by atoms with Gasteiger partial charge in [-0.25, -0.2) is 0 Å². The van der Waals surface area contributed by atoms with E-state index in [9.17, 15) is 0 Å². The topological polar surface area (TPSA) is 29.5 Å². The van der Waals surface area contributed by atoms with Gasteiger partial charge in [-0.05, 0) is 86.9 Å². The van der Waals surface area contributed by atoms with Crippen molar-refractivity contribution >= 4 is 82.5 Å². The quantitative estimate of drug-likeness (QED) is 0.182. The molecule has 3 heteroatoms. The fourth-order valence-corrected chi connectivity index (χ4v) is 8.04. The molecule has 0 N–H and O–H groups in total. The normalized spacial score (nSPS) is 11.8. The minimum Gasteiger partial charge on any atom is -0.454 e. The first-order chi connectivity index (χ1) is 26.3. The van der Waals surface area contributed by atoms with E-state index in [1.807, 2.05) is 6.07 Å². The van der Waals surface area contributed by atoms with Gasteiger partial charge in [-0.1, -0.05) is 140 Å². The van der Waals surface area contributed by atoms with Crippen LogP contribution in [0.4, 0.5) is 17.1 Å². The zero-order chi connectivity index (χ0) is 34.9. The molecule has 0 aliphatic rings. The van der Waals surface area contributed by atoms with E-state index in [1.165, 1.54) is 16.3 Å². The summed E-state index contributed by atoms with van der Waals surface area (Å²) in [4.78, 5) is 2.29. The lowest BCUT2D eigenvalue weighted by molar-refractivity contribution is 0.667. The molecule has 248 valence electrons. The van der Waals surface area contributed by atoms with Crippen molar-refractivity contribution in [3.05, 3.63) is 188 Å². The van der Waals surface area contributed by atoms with Crippen LogP contribution in [0.15, 0.2) is 197 Å². The minimum absolute atomic E-state index is 0.824. The number of nitrogens with zero attached hydrogens (tertiary/aromatic N) is 1. The first-order valence-corrected chi connectivity index (χ1v) is 18.0. The molecule has 11 aromatic rings. The predicted molar refractivity (Wildman–Crippen MR) is 222 cm³/mol. The molecule has 0 unspecified atom stereocenters. The Hall–Kier alpha value is -7.10. The second-order valence-electron chi connectivity index (χ2n) is 13.7. The molecule has 0 saturated carbocycles. The Morgan fingerprint density at radius 3 is 1.66 bits per heavy atom. The van der Waals surface area contributed by atoms with Crippen LogP contribution in [0.2, 0.25) is 0 Å². The third kappa shape index (κ3) is 4.75. The van der Waals surface area contributed by atoms with Crippen LogP contribution in [0.1, 0.15) is 0 Å². The summed E-state index contributed by atoms with van der Waals surface area (Å²) in [6.45, 7) is 0. The van der Waals surface area contributed by atoms with Crippen LogP contribution < -0.4 is 4.90 Å². The second-order valence-corrected chi connectivity index (χ2v) is 13.7. The van der Waals surface area contributed by atoms with Gasteiger partial charge in [0, 0.05) is 32.6 Å². The summed E-state index contributed by atoms with van der Waals surface area (Å²) in [5.74, 6) is 0. The Bertz CT molecular complexity index is 3170. The number of furan rings is 2. The Morgan fingerprint density at radius 1 is 0.302 bits per heavy atom. The highest BCUT2D eigenvalue weighted by molar-refractivity contribution is 6.18. The van der Waals surface area contributed by atoms with Crippen LogP contribution in [-0.2, 0) is 0 Å². The van der Waals surface area contributed by atoms with E-state index in [1.54, 1.807) is 0 Å². The van der Waals surface area contributed by atoms with Gasteiger partial charge in [0.05, 0.1) is 11.4 Å². The summed E-state index contributed by atoms with van der Waals surface area (Å²) >= 11 is 0. The highest BCUT2D eigenvalue weighted by atomic mass is 16.3. The van der Waals surface area contributed by atoms with E-state index in [0.29, 0.717) is 0 Å². The summed E-state index contributed by atoms with van der Waals surface area (Å²) in [5.41, 5.74) is 10.9. The number of hydrogen-bond acceptors (Lipinski definition) is 3. The molecule has 0 radical (unpaired) electrons. The van der Waals surface area contributed by atoms with Crippen LogP contribution in [0, 0.1) is 0 Å². The van der Waals surface area contributed by atoms with E-state index >= 15 is 0 Å². The van der Waals surface area contributed by atoms with Crippen LogP contribution in [-0.4, -0.2) is 0 Å². The van der Waals surface area contributed by atoms with Gasteiger partial charge in [0.15, 0.2) is 11.2 Å². The van der Waals surface area contributed by atoms with Crippen molar-refractivity contribution in [2.24, 2.45) is 0 Å². The largest absolute Gasteiger partial charge is 0.454 e. The van der Waals surface area contributed by atoms with Gasteiger partial charge in [0.25, 0.3) is 0 Å². The molecule has 0 aliphatic carbocycles. The standard InChI is InChI=1S/C50H31NO2/c1-2-10-32(11-3-1)38-25-28-41-42-16-8-18-45(49(42)52-47(41)31-38)51(39-26-22-34(23-27-39)37-21-20-33-12-4-5-14-36(33)30-37)46-19-9-17-43-44-29-24-35-13-6-7-15-40(35)48(44)53-50(43)46/h1-31H. The average Bonchev–Trinajstić information content (AvgIpc) is 3.81. The maximum Gasteiger partial charge on any atom is 0.159 e. The van der Waals surface area contributed by atoms with Crippen molar-refractivity contribution in [2.45, 2.75) is 0 Å². The number of anilines is 3. The van der Waals surface area contributed by atoms with Crippen LogP contribution >= 0.6 is 0 Å². The molecular weight excluding hydrogens is 647 g/mol. The van der Waals surface area contributed by atoms with Gasteiger partial charge in [-0.3, -0.25) is 0 Å². The minimum atomic E-state index is 0.824. The molecule has 0 saturated heterocycles. The Balaban J connectivity index is 1.13. The number of fused-ring (bicyclic) bond motifs is 9. The molecule has 11 rings (SSSR count). The molecule has 2 heterocycles. The van der Waals surface area contributed by atoms with E-state index in [-0.39, 0.29) is 0 Å². The van der Waals surface area contributed by atoms with Crippen LogP contribution in [0.25, 0.3) is 87.7 Å². The molecule has 0 aliphatic heterocycles. The fraction of sp³-hybridized carbons (Fsp3) is 0. The number of rotatable bonds is 5. The van der Waals surface area contributed by atoms with E-state index < -0.39 is 0 Å². The summed E-state index contributed by atoms with van der Waals surface area (Å²) in [5, 5.41) is 9.05. The Labute approximate surface area is 305 Å². The summed E-state index contributed by atoms with van der Waals surface area (Å²) in [6, 6.07) is 66.6. The number of benzene rings is 9. The number of para-hydroxylation sites is 2. The van der Waals surface area contributed by atoms with E-state index in [0.717, 1.165) is 88.4 Å². The van der Waals surface area contributed by atoms with Crippen molar-refractivity contribution in [3.8, 4) is 22.3 Å². The molecule has 0 atom stereocenters. The molecule has 0 spiro atoms. The van der Waals surface area contributed by atoms with Gasteiger partial charge in [0.2, 0.25) is 0 Å². The molecule has 9 aromatic carbocycles. The van der Waals surface area contributed by atoms with Crippen molar-refractivity contribution in [1.82, 2.24) is 0 Å². The van der Waals surface area contributed by atoms with Crippen molar-refractivity contribution < 1.29 is 8.83 Å².